The maximum atomic E-state index is 11.8. The van der Waals surface area contributed by atoms with E-state index in [1.54, 1.807) is 0 Å². The van der Waals surface area contributed by atoms with E-state index < -0.39 is 11.5 Å². The lowest BCUT2D eigenvalue weighted by molar-refractivity contribution is -0.144. The lowest BCUT2D eigenvalue weighted by Crippen LogP contribution is -2.49. The number of carbonyl (C=O) groups is 1. The van der Waals surface area contributed by atoms with E-state index in [1.165, 1.54) is 0 Å². The molecule has 0 radical (unpaired) electrons. The topological polar surface area (TPSA) is 75.1 Å². The van der Waals surface area contributed by atoms with Gasteiger partial charge >= 0.3 is 5.97 Å². The smallest absolute Gasteiger partial charge is 0.329 e. The number of anilines is 1. The number of carboxylic acid groups (broad SMARTS) is 1. The van der Waals surface area contributed by atoms with E-state index in [0.29, 0.717) is 30.4 Å². The summed E-state index contributed by atoms with van der Waals surface area (Å²) >= 11 is 0. The fourth-order valence-corrected chi connectivity index (χ4v) is 3.03. The van der Waals surface area contributed by atoms with Crippen LogP contribution in [0.1, 0.15) is 51.0 Å². The summed E-state index contributed by atoms with van der Waals surface area (Å²) < 4.78 is 0. The SMILES string of the molecule is CCc1cc(NC2(C(=O)O)CCCC(C)C2)nc(C)n1. The van der Waals surface area contributed by atoms with E-state index in [-0.39, 0.29) is 0 Å². The van der Waals surface area contributed by atoms with Gasteiger partial charge in [0.15, 0.2) is 0 Å². The molecule has 5 nitrogen and oxygen atoms in total. The third kappa shape index (κ3) is 3.08. The van der Waals surface area contributed by atoms with Crippen LogP contribution in [0.25, 0.3) is 0 Å². The zero-order valence-corrected chi connectivity index (χ0v) is 12.4. The summed E-state index contributed by atoms with van der Waals surface area (Å²) in [5, 5.41) is 12.8. The summed E-state index contributed by atoms with van der Waals surface area (Å²) in [7, 11) is 0. The van der Waals surface area contributed by atoms with E-state index in [2.05, 4.69) is 22.2 Å². The summed E-state index contributed by atoms with van der Waals surface area (Å²) in [6.45, 7) is 5.98. The van der Waals surface area contributed by atoms with Gasteiger partial charge in [0.2, 0.25) is 0 Å². The van der Waals surface area contributed by atoms with Crippen LogP contribution in [-0.4, -0.2) is 26.6 Å². The zero-order chi connectivity index (χ0) is 14.8. The van der Waals surface area contributed by atoms with Crippen LogP contribution in [0.4, 0.5) is 5.82 Å². The minimum atomic E-state index is -0.885. The molecule has 0 aromatic carbocycles. The second-order valence-corrected chi connectivity index (χ2v) is 5.86. The molecule has 1 heterocycles. The molecule has 0 saturated heterocycles. The molecular formula is C15H23N3O2. The van der Waals surface area contributed by atoms with Crippen LogP contribution in [-0.2, 0) is 11.2 Å². The average Bonchev–Trinajstić information content (AvgIpc) is 2.37. The van der Waals surface area contributed by atoms with Crippen molar-refractivity contribution < 1.29 is 9.90 Å². The molecule has 1 aliphatic carbocycles. The number of hydrogen-bond acceptors (Lipinski definition) is 4. The Morgan fingerprint density at radius 1 is 1.55 bits per heavy atom. The van der Waals surface area contributed by atoms with Crippen molar-refractivity contribution in [1.82, 2.24) is 9.97 Å². The summed E-state index contributed by atoms with van der Waals surface area (Å²) in [5.74, 6) is 0.946. The maximum absolute atomic E-state index is 11.8. The highest BCUT2D eigenvalue weighted by atomic mass is 16.4. The number of aryl methyl sites for hydroxylation is 2. The van der Waals surface area contributed by atoms with Crippen LogP contribution in [0.5, 0.6) is 0 Å². The normalized spacial score (nSPS) is 26.2. The summed E-state index contributed by atoms with van der Waals surface area (Å²) in [6.07, 6.45) is 4.14. The molecule has 0 spiro atoms. The molecule has 110 valence electrons. The number of aromatic nitrogens is 2. The fraction of sp³-hybridized carbons (Fsp3) is 0.667. The van der Waals surface area contributed by atoms with E-state index >= 15 is 0 Å². The molecule has 0 bridgehead atoms. The highest BCUT2D eigenvalue weighted by Crippen LogP contribution is 2.35. The van der Waals surface area contributed by atoms with Gasteiger partial charge in [-0.3, -0.25) is 0 Å². The van der Waals surface area contributed by atoms with Gasteiger partial charge in [0.25, 0.3) is 0 Å². The van der Waals surface area contributed by atoms with Gasteiger partial charge in [0.05, 0.1) is 0 Å². The zero-order valence-electron chi connectivity index (χ0n) is 12.4. The van der Waals surface area contributed by atoms with Crippen molar-refractivity contribution >= 4 is 11.8 Å². The average molecular weight is 277 g/mol. The van der Waals surface area contributed by atoms with E-state index in [9.17, 15) is 9.90 Å². The number of aliphatic carboxylic acids is 1. The molecule has 2 atom stereocenters. The molecule has 0 aliphatic heterocycles. The molecule has 2 unspecified atom stereocenters. The molecule has 1 fully saturated rings. The van der Waals surface area contributed by atoms with Crippen LogP contribution in [0.15, 0.2) is 6.07 Å². The molecule has 1 saturated carbocycles. The minimum Gasteiger partial charge on any atom is -0.480 e. The number of carboxylic acids is 1. The van der Waals surface area contributed by atoms with Crippen molar-refractivity contribution in [3.05, 3.63) is 17.6 Å². The number of hydrogen-bond donors (Lipinski definition) is 2. The highest BCUT2D eigenvalue weighted by molar-refractivity contribution is 5.82. The third-order valence-corrected chi connectivity index (χ3v) is 4.03. The second kappa shape index (κ2) is 5.77. The number of nitrogens with zero attached hydrogens (tertiary/aromatic N) is 2. The summed E-state index contributed by atoms with van der Waals surface area (Å²) in [4.78, 5) is 20.4. The van der Waals surface area contributed by atoms with Gasteiger partial charge in [-0.05, 0) is 32.1 Å². The maximum Gasteiger partial charge on any atom is 0.329 e. The molecule has 1 aromatic rings. The van der Waals surface area contributed by atoms with Crippen molar-refractivity contribution in [2.24, 2.45) is 5.92 Å². The first-order valence-electron chi connectivity index (χ1n) is 7.31. The Balaban J connectivity index is 2.28. The van der Waals surface area contributed by atoms with Gasteiger partial charge in [-0.25, -0.2) is 14.8 Å². The molecule has 20 heavy (non-hydrogen) atoms. The minimum absolute atomic E-state index is 0.418. The molecule has 5 heteroatoms. The lowest BCUT2D eigenvalue weighted by Gasteiger charge is -2.37. The Bertz CT molecular complexity index is 504. The predicted molar refractivity (Wildman–Crippen MR) is 77.8 cm³/mol. The Labute approximate surface area is 119 Å². The first-order valence-corrected chi connectivity index (χ1v) is 7.31. The number of rotatable bonds is 4. The Morgan fingerprint density at radius 2 is 2.30 bits per heavy atom. The van der Waals surface area contributed by atoms with Crippen molar-refractivity contribution in [2.45, 2.75) is 58.4 Å². The number of nitrogens with one attached hydrogen (secondary N) is 1. The van der Waals surface area contributed by atoms with Crippen LogP contribution < -0.4 is 5.32 Å². The van der Waals surface area contributed by atoms with Crippen LogP contribution in [0.3, 0.4) is 0 Å². The lowest BCUT2D eigenvalue weighted by atomic mass is 9.76. The third-order valence-electron chi connectivity index (χ3n) is 4.03. The summed E-state index contributed by atoms with van der Waals surface area (Å²) in [6, 6.07) is 1.86. The molecule has 2 rings (SSSR count). The first-order chi connectivity index (χ1) is 9.45. The Kier molecular flexibility index (Phi) is 4.26. The van der Waals surface area contributed by atoms with E-state index in [1.807, 2.05) is 19.9 Å². The first kappa shape index (κ1) is 14.8. The fourth-order valence-electron chi connectivity index (χ4n) is 3.03. The molecular weight excluding hydrogens is 254 g/mol. The molecule has 1 aromatic heterocycles. The van der Waals surface area contributed by atoms with Crippen LogP contribution >= 0.6 is 0 Å². The van der Waals surface area contributed by atoms with E-state index in [4.69, 9.17) is 0 Å². The van der Waals surface area contributed by atoms with Crippen LogP contribution in [0, 0.1) is 12.8 Å². The van der Waals surface area contributed by atoms with Crippen molar-refractivity contribution in [3.8, 4) is 0 Å². The Hall–Kier alpha value is -1.65. The van der Waals surface area contributed by atoms with Gasteiger partial charge in [-0.1, -0.05) is 26.7 Å². The van der Waals surface area contributed by atoms with E-state index in [0.717, 1.165) is 25.0 Å². The van der Waals surface area contributed by atoms with Gasteiger partial charge in [-0.2, -0.15) is 0 Å². The van der Waals surface area contributed by atoms with Crippen molar-refractivity contribution in [1.29, 1.82) is 0 Å². The van der Waals surface area contributed by atoms with Crippen molar-refractivity contribution in [3.63, 3.8) is 0 Å². The monoisotopic (exact) mass is 277 g/mol. The molecule has 2 N–H and O–H groups in total. The Morgan fingerprint density at radius 3 is 2.90 bits per heavy atom. The van der Waals surface area contributed by atoms with Gasteiger partial charge in [0, 0.05) is 11.8 Å². The summed E-state index contributed by atoms with van der Waals surface area (Å²) in [5.41, 5.74) is 0.0492. The quantitative estimate of drug-likeness (QED) is 0.885. The van der Waals surface area contributed by atoms with Gasteiger partial charge in [0.1, 0.15) is 17.2 Å². The molecule has 1 aliphatic rings. The van der Waals surface area contributed by atoms with Gasteiger partial charge in [-0.15, -0.1) is 0 Å². The molecule has 0 amide bonds. The largest absolute Gasteiger partial charge is 0.480 e. The predicted octanol–water partition coefficient (Wildman–Crippen LogP) is 2.79. The van der Waals surface area contributed by atoms with Crippen molar-refractivity contribution in [2.75, 3.05) is 5.32 Å². The second-order valence-electron chi connectivity index (χ2n) is 5.86. The van der Waals surface area contributed by atoms with Gasteiger partial charge < -0.3 is 10.4 Å². The standard InChI is InChI=1S/C15H23N3O2/c1-4-12-8-13(17-11(3)16-12)18-15(14(19)20)7-5-6-10(2)9-15/h8,10H,4-7,9H2,1-3H3,(H,19,20)(H,16,17,18). The van der Waals surface area contributed by atoms with Crippen LogP contribution in [0.2, 0.25) is 0 Å². The highest BCUT2D eigenvalue weighted by Gasteiger charge is 2.42.